The van der Waals surface area contributed by atoms with Crippen LogP contribution in [-0.2, 0) is 0 Å². The molecule has 0 amide bonds. The molecule has 0 unspecified atom stereocenters. The molecule has 2 rings (SSSR count). The van der Waals surface area contributed by atoms with Crippen molar-refractivity contribution in [1.29, 1.82) is 0 Å². The molecule has 0 radical (unpaired) electrons. The molecule has 4 nitrogen and oxygen atoms in total. The molecule has 0 spiro atoms. The number of nitrogens with zero attached hydrogens (tertiary/aromatic N) is 4. The molecule has 2 heterocycles. The van der Waals surface area contributed by atoms with Gasteiger partial charge in [-0.25, -0.2) is 0 Å². The Bertz CT molecular complexity index is 472. The molecule has 0 aliphatic carbocycles. The minimum atomic E-state index is 0.738. The van der Waals surface area contributed by atoms with Crippen molar-refractivity contribution in [1.82, 2.24) is 20.4 Å². The predicted molar refractivity (Wildman–Crippen MR) is 64.0 cm³/mol. The van der Waals surface area contributed by atoms with Gasteiger partial charge < -0.3 is 0 Å². The topological polar surface area (TPSA) is 51.6 Å². The third-order valence-corrected chi connectivity index (χ3v) is 2.92. The number of thioether (sulfide) groups is 1. The summed E-state index contributed by atoms with van der Waals surface area (Å²) in [4.78, 5) is 5.39. The highest BCUT2D eigenvalue weighted by Gasteiger charge is 2.07. The van der Waals surface area contributed by atoms with E-state index in [4.69, 9.17) is 0 Å². The van der Waals surface area contributed by atoms with Crippen LogP contribution in [0.5, 0.6) is 0 Å². The first-order valence-corrected chi connectivity index (χ1v) is 5.74. The molecule has 0 saturated carbocycles. The fourth-order valence-electron chi connectivity index (χ4n) is 1.22. The minimum absolute atomic E-state index is 0.738. The van der Waals surface area contributed by atoms with Gasteiger partial charge in [-0.1, -0.05) is 6.08 Å². The van der Waals surface area contributed by atoms with E-state index < -0.39 is 0 Å². The van der Waals surface area contributed by atoms with Crippen molar-refractivity contribution in [2.75, 3.05) is 5.75 Å². The van der Waals surface area contributed by atoms with Gasteiger partial charge in [0.05, 0.1) is 6.20 Å². The molecule has 0 saturated heterocycles. The largest absolute Gasteiger partial charge is 0.253 e. The molecule has 0 fully saturated rings. The summed E-state index contributed by atoms with van der Waals surface area (Å²) in [7, 11) is 0. The Hall–Kier alpha value is -1.75. The van der Waals surface area contributed by atoms with Gasteiger partial charge in [0, 0.05) is 16.8 Å². The van der Waals surface area contributed by atoms with Gasteiger partial charge in [0.1, 0.15) is 11.4 Å². The molecule has 0 aliphatic rings. The van der Waals surface area contributed by atoms with Gasteiger partial charge in [-0.2, -0.15) is 0 Å². The standard InChI is InChI=1S/C11H10N4S/c1-2-8-16-10-4-3-6-12-11(10)9-5-7-13-15-14-9/h2-7H,1,8H2. The fourth-order valence-corrected chi connectivity index (χ4v) is 1.98. The van der Waals surface area contributed by atoms with Gasteiger partial charge in [-0.05, 0) is 23.4 Å². The lowest BCUT2D eigenvalue weighted by Gasteiger charge is -2.04. The summed E-state index contributed by atoms with van der Waals surface area (Å²) >= 11 is 1.67. The highest BCUT2D eigenvalue weighted by Crippen LogP contribution is 2.27. The van der Waals surface area contributed by atoms with Gasteiger partial charge in [0.2, 0.25) is 0 Å². The molecule has 80 valence electrons. The summed E-state index contributed by atoms with van der Waals surface area (Å²) in [6.45, 7) is 3.70. The first kappa shape index (κ1) is 10.8. The molecule has 0 atom stereocenters. The Morgan fingerprint density at radius 3 is 3.00 bits per heavy atom. The van der Waals surface area contributed by atoms with Crippen LogP contribution in [0, 0.1) is 0 Å². The number of hydrogen-bond donors (Lipinski definition) is 0. The van der Waals surface area contributed by atoms with Crippen molar-refractivity contribution in [3.05, 3.63) is 43.2 Å². The van der Waals surface area contributed by atoms with Crippen molar-refractivity contribution in [3.63, 3.8) is 0 Å². The normalized spacial score (nSPS) is 10.0. The average molecular weight is 230 g/mol. The van der Waals surface area contributed by atoms with Gasteiger partial charge in [-0.15, -0.1) is 28.5 Å². The fraction of sp³-hybridized carbons (Fsp3) is 0.0909. The average Bonchev–Trinajstić information content (AvgIpc) is 2.38. The van der Waals surface area contributed by atoms with Crippen LogP contribution in [0.2, 0.25) is 0 Å². The molecular weight excluding hydrogens is 220 g/mol. The third kappa shape index (κ3) is 2.43. The van der Waals surface area contributed by atoms with Crippen LogP contribution < -0.4 is 0 Å². The summed E-state index contributed by atoms with van der Waals surface area (Å²) in [5.74, 6) is 0.844. The van der Waals surface area contributed by atoms with Crippen LogP contribution in [-0.4, -0.2) is 26.1 Å². The zero-order valence-corrected chi connectivity index (χ0v) is 9.39. The van der Waals surface area contributed by atoms with E-state index in [0.717, 1.165) is 22.0 Å². The summed E-state index contributed by atoms with van der Waals surface area (Å²) in [5.41, 5.74) is 1.58. The maximum absolute atomic E-state index is 4.32. The monoisotopic (exact) mass is 230 g/mol. The summed E-state index contributed by atoms with van der Waals surface area (Å²) in [5, 5.41) is 11.2. The number of hydrogen-bond acceptors (Lipinski definition) is 5. The maximum atomic E-state index is 4.32. The molecule has 2 aromatic heterocycles. The van der Waals surface area contributed by atoms with Crippen LogP contribution in [0.25, 0.3) is 11.4 Å². The molecule has 5 heteroatoms. The van der Waals surface area contributed by atoms with Gasteiger partial charge in [0.25, 0.3) is 0 Å². The Kier molecular flexibility index (Phi) is 3.61. The lowest BCUT2D eigenvalue weighted by molar-refractivity contribution is 0.865. The smallest absolute Gasteiger partial charge is 0.116 e. The molecule has 0 aliphatic heterocycles. The van der Waals surface area contributed by atoms with Crippen molar-refractivity contribution >= 4 is 11.8 Å². The first-order valence-electron chi connectivity index (χ1n) is 4.75. The molecule has 0 aromatic carbocycles. The third-order valence-electron chi connectivity index (χ3n) is 1.87. The Morgan fingerprint density at radius 2 is 2.25 bits per heavy atom. The molecule has 16 heavy (non-hydrogen) atoms. The van der Waals surface area contributed by atoms with E-state index in [1.54, 1.807) is 30.2 Å². The van der Waals surface area contributed by atoms with E-state index in [0.29, 0.717) is 0 Å². The second-order valence-corrected chi connectivity index (χ2v) is 4.02. The summed E-state index contributed by atoms with van der Waals surface area (Å²) in [6.07, 6.45) is 5.22. The maximum Gasteiger partial charge on any atom is 0.116 e. The number of rotatable bonds is 4. The van der Waals surface area contributed by atoms with Crippen molar-refractivity contribution in [2.45, 2.75) is 4.90 Å². The van der Waals surface area contributed by atoms with Crippen molar-refractivity contribution in [2.24, 2.45) is 0 Å². The second kappa shape index (κ2) is 5.37. The predicted octanol–water partition coefficient (Wildman–Crippen LogP) is 2.21. The van der Waals surface area contributed by atoms with Gasteiger partial charge in [0.15, 0.2) is 0 Å². The highest BCUT2D eigenvalue weighted by atomic mass is 32.2. The van der Waals surface area contributed by atoms with Crippen molar-refractivity contribution in [3.8, 4) is 11.4 Å². The molecule has 0 bridgehead atoms. The lowest BCUT2D eigenvalue weighted by atomic mass is 10.3. The Labute approximate surface area is 97.8 Å². The molecule has 0 N–H and O–H groups in total. The first-order chi connectivity index (χ1) is 7.92. The van der Waals surface area contributed by atoms with Crippen LogP contribution in [0.3, 0.4) is 0 Å². The highest BCUT2D eigenvalue weighted by molar-refractivity contribution is 7.99. The van der Waals surface area contributed by atoms with E-state index in [9.17, 15) is 0 Å². The zero-order chi connectivity index (χ0) is 11.2. The Morgan fingerprint density at radius 1 is 1.31 bits per heavy atom. The second-order valence-electron chi connectivity index (χ2n) is 2.96. The van der Waals surface area contributed by atoms with E-state index >= 15 is 0 Å². The van der Waals surface area contributed by atoms with E-state index in [1.165, 1.54) is 0 Å². The zero-order valence-electron chi connectivity index (χ0n) is 8.58. The van der Waals surface area contributed by atoms with E-state index in [1.807, 2.05) is 18.2 Å². The van der Waals surface area contributed by atoms with Gasteiger partial charge in [-0.3, -0.25) is 4.98 Å². The SMILES string of the molecule is C=CCSc1cccnc1-c1ccnnn1. The van der Waals surface area contributed by atoms with E-state index in [-0.39, 0.29) is 0 Å². The van der Waals surface area contributed by atoms with Crippen molar-refractivity contribution < 1.29 is 0 Å². The van der Waals surface area contributed by atoms with Crippen LogP contribution in [0.4, 0.5) is 0 Å². The van der Waals surface area contributed by atoms with Crippen LogP contribution in [0.1, 0.15) is 0 Å². The minimum Gasteiger partial charge on any atom is -0.253 e. The number of pyridine rings is 1. The Balaban J connectivity index is 2.36. The number of aromatic nitrogens is 4. The van der Waals surface area contributed by atoms with Crippen LogP contribution in [0.15, 0.2) is 48.1 Å². The quantitative estimate of drug-likeness (QED) is 0.595. The summed E-state index contributed by atoms with van der Waals surface area (Å²) in [6, 6.07) is 5.72. The molecular formula is C11H10N4S. The van der Waals surface area contributed by atoms with Crippen LogP contribution >= 0.6 is 11.8 Å². The molecule has 2 aromatic rings. The summed E-state index contributed by atoms with van der Waals surface area (Å²) < 4.78 is 0. The lowest BCUT2D eigenvalue weighted by Crippen LogP contribution is -1.93. The van der Waals surface area contributed by atoms with E-state index in [2.05, 4.69) is 27.0 Å². The van der Waals surface area contributed by atoms with Gasteiger partial charge >= 0.3 is 0 Å².